The summed E-state index contributed by atoms with van der Waals surface area (Å²) >= 11 is 6.20. The lowest BCUT2D eigenvalue weighted by Gasteiger charge is -2.37. The number of fused-ring (bicyclic) bond motifs is 1. The summed E-state index contributed by atoms with van der Waals surface area (Å²) in [6.07, 6.45) is 0. The minimum atomic E-state index is -1.06. The number of rotatable bonds is 2. The zero-order valence-electron chi connectivity index (χ0n) is 14.9. The molecule has 3 rings (SSSR count). The SMILES string of the molecule is C[C@@H]1COCCN1c1nc(Cl)nn2c(C(C)(O)C(C)(C)C)ccc12. The highest BCUT2D eigenvalue weighted by atomic mass is 35.5. The first-order valence-corrected chi connectivity index (χ1v) is 8.63. The first-order valence-electron chi connectivity index (χ1n) is 8.25. The zero-order chi connectivity index (χ0) is 17.7. The van der Waals surface area contributed by atoms with Crippen LogP contribution in [0.5, 0.6) is 0 Å². The average Bonchev–Trinajstić information content (AvgIpc) is 2.90. The molecule has 2 aromatic heterocycles. The zero-order valence-corrected chi connectivity index (χ0v) is 15.6. The minimum absolute atomic E-state index is 0.165. The van der Waals surface area contributed by atoms with Crippen LogP contribution < -0.4 is 4.90 Å². The van der Waals surface area contributed by atoms with Crippen molar-refractivity contribution in [2.75, 3.05) is 24.7 Å². The predicted octanol–water partition coefficient (Wildman–Crippen LogP) is 2.86. The van der Waals surface area contributed by atoms with E-state index in [-0.39, 0.29) is 16.7 Å². The molecule has 2 aromatic rings. The van der Waals surface area contributed by atoms with Crippen molar-refractivity contribution in [2.45, 2.75) is 46.3 Å². The second-order valence-electron chi connectivity index (χ2n) is 7.66. The van der Waals surface area contributed by atoms with Gasteiger partial charge >= 0.3 is 0 Å². The monoisotopic (exact) mass is 352 g/mol. The molecule has 1 unspecified atom stereocenters. The molecule has 132 valence electrons. The third-order valence-corrected chi connectivity index (χ3v) is 5.22. The minimum Gasteiger partial charge on any atom is -0.383 e. The molecule has 24 heavy (non-hydrogen) atoms. The van der Waals surface area contributed by atoms with Crippen LogP contribution in [-0.4, -0.2) is 45.5 Å². The van der Waals surface area contributed by atoms with E-state index in [1.807, 2.05) is 39.8 Å². The molecule has 2 atom stereocenters. The standard InChI is InChI=1S/C17H25ClN4O2/c1-11-10-24-9-8-21(11)14-12-6-7-13(17(5,23)16(2,3)4)22(12)20-15(18)19-14/h6-7,11,23H,8-10H2,1-5H3/t11-,17?/m1/s1. The van der Waals surface area contributed by atoms with E-state index < -0.39 is 5.60 Å². The second kappa shape index (κ2) is 5.86. The van der Waals surface area contributed by atoms with E-state index >= 15 is 0 Å². The first-order chi connectivity index (χ1) is 11.1. The Kier molecular flexibility index (Phi) is 4.26. The van der Waals surface area contributed by atoms with Gasteiger partial charge in [-0.1, -0.05) is 20.8 Å². The fraction of sp³-hybridized carbons (Fsp3) is 0.647. The van der Waals surface area contributed by atoms with Crippen LogP contribution in [-0.2, 0) is 10.3 Å². The Hall–Kier alpha value is -1.37. The van der Waals surface area contributed by atoms with E-state index in [4.69, 9.17) is 16.3 Å². The van der Waals surface area contributed by atoms with E-state index in [1.165, 1.54) is 0 Å². The van der Waals surface area contributed by atoms with Crippen LogP contribution in [0.2, 0.25) is 5.28 Å². The Morgan fingerprint density at radius 2 is 2.00 bits per heavy atom. The van der Waals surface area contributed by atoms with Crippen molar-refractivity contribution in [3.63, 3.8) is 0 Å². The maximum absolute atomic E-state index is 11.1. The summed E-state index contributed by atoms with van der Waals surface area (Å²) in [5, 5.41) is 15.6. The number of ether oxygens (including phenoxy) is 1. The number of nitrogens with zero attached hydrogens (tertiary/aromatic N) is 4. The van der Waals surface area contributed by atoms with Crippen LogP contribution in [0.25, 0.3) is 5.52 Å². The van der Waals surface area contributed by atoms with Gasteiger partial charge in [0.05, 0.1) is 24.9 Å². The Balaban J connectivity index is 2.18. The third kappa shape index (κ3) is 2.76. The van der Waals surface area contributed by atoms with Gasteiger partial charge in [-0.15, -0.1) is 5.10 Å². The summed E-state index contributed by atoms with van der Waals surface area (Å²) in [6.45, 7) is 12.0. The van der Waals surface area contributed by atoms with Gasteiger partial charge < -0.3 is 14.7 Å². The Bertz CT molecular complexity index is 751. The van der Waals surface area contributed by atoms with Gasteiger partial charge in [0, 0.05) is 6.54 Å². The summed E-state index contributed by atoms with van der Waals surface area (Å²) in [4.78, 5) is 6.64. The van der Waals surface area contributed by atoms with Gasteiger partial charge in [-0.2, -0.15) is 4.98 Å². The number of aromatic nitrogens is 3. The molecular weight excluding hydrogens is 328 g/mol. The van der Waals surface area contributed by atoms with Gasteiger partial charge in [0.25, 0.3) is 0 Å². The second-order valence-corrected chi connectivity index (χ2v) is 8.00. The van der Waals surface area contributed by atoms with Gasteiger partial charge in [0.2, 0.25) is 5.28 Å². The number of anilines is 1. The predicted molar refractivity (Wildman–Crippen MR) is 94.6 cm³/mol. The highest BCUT2D eigenvalue weighted by Gasteiger charge is 2.40. The lowest BCUT2D eigenvalue weighted by atomic mass is 9.76. The van der Waals surface area contributed by atoms with Gasteiger partial charge in [-0.05, 0) is 43.0 Å². The summed E-state index contributed by atoms with van der Waals surface area (Å²) in [6, 6.07) is 4.05. The molecule has 7 heteroatoms. The van der Waals surface area contributed by atoms with Crippen LogP contribution in [0.3, 0.4) is 0 Å². The third-order valence-electron chi connectivity index (χ3n) is 5.06. The number of halogens is 1. The molecule has 3 heterocycles. The molecule has 1 aliphatic heterocycles. The molecule has 0 bridgehead atoms. The largest absolute Gasteiger partial charge is 0.383 e. The Morgan fingerprint density at radius 3 is 2.62 bits per heavy atom. The Labute approximate surface area is 147 Å². The highest BCUT2D eigenvalue weighted by Crippen LogP contribution is 2.40. The number of hydrogen-bond donors (Lipinski definition) is 1. The lowest BCUT2D eigenvalue weighted by molar-refractivity contribution is -0.0519. The highest BCUT2D eigenvalue weighted by molar-refractivity contribution is 6.28. The molecular formula is C17H25ClN4O2. The number of morpholine rings is 1. The lowest BCUT2D eigenvalue weighted by Crippen LogP contribution is -2.44. The van der Waals surface area contributed by atoms with Crippen LogP contribution >= 0.6 is 11.6 Å². The normalized spacial score (nSPS) is 22.0. The summed E-state index contributed by atoms with van der Waals surface area (Å²) in [7, 11) is 0. The van der Waals surface area contributed by atoms with Crippen LogP contribution in [0.1, 0.15) is 40.3 Å². The quantitative estimate of drug-likeness (QED) is 0.900. The van der Waals surface area contributed by atoms with Gasteiger partial charge in [0.15, 0.2) is 5.82 Å². The maximum atomic E-state index is 11.1. The maximum Gasteiger partial charge on any atom is 0.243 e. The van der Waals surface area contributed by atoms with Crippen molar-refractivity contribution in [3.05, 3.63) is 23.1 Å². The van der Waals surface area contributed by atoms with Crippen molar-refractivity contribution in [1.82, 2.24) is 14.6 Å². The average molecular weight is 353 g/mol. The van der Waals surface area contributed by atoms with Gasteiger partial charge in [-0.25, -0.2) is 4.52 Å². The molecule has 0 amide bonds. The van der Waals surface area contributed by atoms with Crippen molar-refractivity contribution >= 4 is 22.9 Å². The molecule has 0 spiro atoms. The number of hydrogen-bond acceptors (Lipinski definition) is 5. The molecule has 1 fully saturated rings. The van der Waals surface area contributed by atoms with E-state index in [0.29, 0.717) is 18.9 Å². The van der Waals surface area contributed by atoms with Gasteiger partial charge in [-0.3, -0.25) is 0 Å². The summed E-state index contributed by atoms with van der Waals surface area (Å²) in [5.74, 6) is 0.779. The topological polar surface area (TPSA) is 62.9 Å². The molecule has 1 saturated heterocycles. The van der Waals surface area contributed by atoms with Crippen LogP contribution in [0.4, 0.5) is 5.82 Å². The molecule has 0 aliphatic carbocycles. The molecule has 0 radical (unpaired) electrons. The smallest absolute Gasteiger partial charge is 0.243 e. The van der Waals surface area contributed by atoms with Crippen molar-refractivity contribution in [1.29, 1.82) is 0 Å². The van der Waals surface area contributed by atoms with Crippen molar-refractivity contribution < 1.29 is 9.84 Å². The summed E-state index contributed by atoms with van der Waals surface area (Å²) in [5.41, 5.74) is 0.125. The van der Waals surface area contributed by atoms with E-state index in [2.05, 4.69) is 21.9 Å². The summed E-state index contributed by atoms with van der Waals surface area (Å²) < 4.78 is 7.24. The Morgan fingerprint density at radius 1 is 1.29 bits per heavy atom. The molecule has 0 aromatic carbocycles. The van der Waals surface area contributed by atoms with E-state index in [9.17, 15) is 5.11 Å². The van der Waals surface area contributed by atoms with E-state index in [0.717, 1.165) is 17.9 Å². The fourth-order valence-electron chi connectivity index (χ4n) is 2.96. The molecule has 1 N–H and O–H groups in total. The molecule has 0 saturated carbocycles. The fourth-order valence-corrected chi connectivity index (χ4v) is 3.12. The van der Waals surface area contributed by atoms with E-state index in [1.54, 1.807) is 4.52 Å². The van der Waals surface area contributed by atoms with Crippen molar-refractivity contribution in [2.24, 2.45) is 5.41 Å². The first kappa shape index (κ1) is 17.5. The number of aliphatic hydroxyl groups is 1. The molecule has 6 nitrogen and oxygen atoms in total. The van der Waals surface area contributed by atoms with Gasteiger partial charge in [0.1, 0.15) is 11.1 Å². The van der Waals surface area contributed by atoms with Crippen molar-refractivity contribution in [3.8, 4) is 0 Å². The molecule has 1 aliphatic rings. The van der Waals surface area contributed by atoms with Crippen LogP contribution in [0.15, 0.2) is 12.1 Å². The van der Waals surface area contributed by atoms with Crippen LogP contribution in [0, 0.1) is 5.41 Å².